The third kappa shape index (κ3) is 4.81. The Morgan fingerprint density at radius 3 is 2.18 bits per heavy atom. The summed E-state index contributed by atoms with van der Waals surface area (Å²) in [5.41, 5.74) is 8.39. The number of rotatable bonds is 9. The van der Waals surface area contributed by atoms with Gasteiger partial charge in [-0.25, -0.2) is 0 Å². The lowest BCUT2D eigenvalue weighted by atomic mass is 9.64. The first-order valence-electron chi connectivity index (χ1n) is 11.9. The van der Waals surface area contributed by atoms with Crippen LogP contribution in [0.5, 0.6) is 5.75 Å². The third-order valence-corrected chi connectivity index (χ3v) is 7.47. The number of hydrogen-bond acceptors (Lipinski definition) is 2. The van der Waals surface area contributed by atoms with E-state index in [1.54, 1.807) is 24.3 Å². The maximum absolute atomic E-state index is 13.3. The number of aryl methyl sites for hydroxylation is 1. The molecule has 1 amide bonds. The van der Waals surface area contributed by atoms with Crippen LogP contribution in [0.3, 0.4) is 0 Å². The number of amides is 1. The van der Waals surface area contributed by atoms with Gasteiger partial charge < -0.3 is 15.3 Å². The van der Waals surface area contributed by atoms with Gasteiger partial charge in [-0.05, 0) is 36.0 Å². The number of hydrogen-bond donors (Lipinski definition) is 1. The van der Waals surface area contributed by atoms with Crippen molar-refractivity contribution in [3.05, 3.63) is 102 Å². The fourth-order valence-electron chi connectivity index (χ4n) is 5.75. The van der Waals surface area contributed by atoms with E-state index < -0.39 is 5.41 Å². The molecular formula is C29H34N2O2. The van der Waals surface area contributed by atoms with Gasteiger partial charge in [-0.3, -0.25) is 4.79 Å². The topological polar surface area (TPSA) is 66.2 Å². The van der Waals surface area contributed by atoms with Gasteiger partial charge in [0.15, 0.2) is 0 Å². The minimum Gasteiger partial charge on any atom is -0.872 e. The zero-order valence-electron chi connectivity index (χ0n) is 19.5. The maximum Gasteiger partial charge on any atom is 0.233 e. The Balaban J connectivity index is 1.55. The first-order chi connectivity index (χ1) is 15.9. The molecule has 4 nitrogen and oxygen atoms in total. The molecule has 2 unspecified atom stereocenters. The number of quaternary nitrogens is 1. The lowest BCUT2D eigenvalue weighted by Gasteiger charge is -2.38. The van der Waals surface area contributed by atoms with Crippen molar-refractivity contribution in [1.29, 1.82) is 0 Å². The van der Waals surface area contributed by atoms with Gasteiger partial charge in [-0.1, -0.05) is 84.9 Å². The SMILES string of the molecule is C[N+]1(CCCCc2ccccc2)CC[C@@H](C(C(N)=O)(c2ccccc2)c2ccc([O-])cc2)C1. The average molecular weight is 443 g/mol. The van der Waals surface area contributed by atoms with Crippen LogP contribution in [0.1, 0.15) is 36.0 Å². The van der Waals surface area contributed by atoms with Crippen LogP contribution in [0.25, 0.3) is 0 Å². The minimum absolute atomic E-state index is 0.0596. The Labute approximate surface area is 197 Å². The lowest BCUT2D eigenvalue weighted by molar-refractivity contribution is -0.899. The summed E-state index contributed by atoms with van der Waals surface area (Å²) in [7, 11) is 2.31. The van der Waals surface area contributed by atoms with E-state index in [4.69, 9.17) is 5.73 Å². The standard InChI is InChI=1S/C29H34N2O2/c1-31(20-9-8-12-23-10-4-2-5-11-23)21-19-26(22-31)29(28(30)33,24-13-6-3-7-14-24)25-15-17-27(32)18-16-25/h2-7,10-11,13-18,26H,8-9,12,19-22H2,1H3,(H2-,30,32,33)/t26-,29?,31?/m1/s1. The molecule has 1 saturated heterocycles. The van der Waals surface area contributed by atoms with Gasteiger partial charge in [0, 0.05) is 12.3 Å². The van der Waals surface area contributed by atoms with E-state index in [2.05, 4.69) is 37.4 Å². The molecule has 3 atom stereocenters. The summed E-state index contributed by atoms with van der Waals surface area (Å²) < 4.78 is 0.945. The second kappa shape index (κ2) is 9.80. The number of unbranched alkanes of at least 4 members (excludes halogenated alkanes) is 1. The molecule has 4 heteroatoms. The molecule has 0 radical (unpaired) electrons. The summed E-state index contributed by atoms with van der Waals surface area (Å²) >= 11 is 0. The molecule has 3 aromatic carbocycles. The zero-order valence-corrected chi connectivity index (χ0v) is 19.5. The van der Waals surface area contributed by atoms with Crippen molar-refractivity contribution in [2.24, 2.45) is 11.7 Å². The summed E-state index contributed by atoms with van der Waals surface area (Å²) in [6, 6.07) is 27.2. The molecule has 0 aliphatic carbocycles. The van der Waals surface area contributed by atoms with Gasteiger partial charge in [0.05, 0.1) is 26.7 Å². The van der Waals surface area contributed by atoms with Gasteiger partial charge >= 0.3 is 0 Å². The van der Waals surface area contributed by atoms with E-state index in [-0.39, 0.29) is 17.6 Å². The van der Waals surface area contributed by atoms with E-state index in [0.29, 0.717) is 0 Å². The maximum atomic E-state index is 13.3. The Hall–Kier alpha value is -3.11. The molecule has 0 spiro atoms. The van der Waals surface area contributed by atoms with E-state index >= 15 is 0 Å². The van der Waals surface area contributed by atoms with E-state index in [0.717, 1.165) is 60.9 Å². The smallest absolute Gasteiger partial charge is 0.233 e. The van der Waals surface area contributed by atoms with Gasteiger partial charge in [-0.2, -0.15) is 0 Å². The van der Waals surface area contributed by atoms with Crippen LogP contribution in [0.15, 0.2) is 84.9 Å². The van der Waals surface area contributed by atoms with Crippen LogP contribution in [0, 0.1) is 5.92 Å². The van der Waals surface area contributed by atoms with Gasteiger partial charge in [-0.15, -0.1) is 5.75 Å². The molecule has 0 saturated carbocycles. The first kappa shape index (κ1) is 23.1. The molecule has 3 aromatic rings. The molecule has 1 aliphatic heterocycles. The highest BCUT2D eigenvalue weighted by Gasteiger charge is 2.53. The van der Waals surface area contributed by atoms with Gasteiger partial charge in [0.25, 0.3) is 0 Å². The number of carbonyl (C=O) groups is 1. The Bertz CT molecular complexity index is 1050. The number of nitrogens with two attached hydrogens (primary N) is 1. The summed E-state index contributed by atoms with van der Waals surface area (Å²) in [5.74, 6) is -0.320. The summed E-state index contributed by atoms with van der Waals surface area (Å²) in [5, 5.41) is 11.8. The monoisotopic (exact) mass is 442 g/mol. The Morgan fingerprint density at radius 1 is 0.939 bits per heavy atom. The predicted molar refractivity (Wildman–Crippen MR) is 131 cm³/mol. The molecule has 0 aromatic heterocycles. The molecular weight excluding hydrogens is 408 g/mol. The van der Waals surface area contributed by atoms with Crippen LogP contribution >= 0.6 is 0 Å². The quantitative estimate of drug-likeness (QED) is 0.402. The largest absolute Gasteiger partial charge is 0.872 e. The van der Waals surface area contributed by atoms with E-state index in [1.165, 1.54) is 5.56 Å². The number of benzene rings is 3. The average Bonchev–Trinajstić information content (AvgIpc) is 3.22. The summed E-state index contributed by atoms with van der Waals surface area (Å²) in [6.07, 6.45) is 4.33. The first-order valence-corrected chi connectivity index (χ1v) is 11.9. The summed E-state index contributed by atoms with van der Waals surface area (Å²) in [4.78, 5) is 13.3. The van der Waals surface area contributed by atoms with Crippen molar-refractivity contribution in [2.45, 2.75) is 31.1 Å². The Kier molecular flexibility index (Phi) is 6.85. The molecule has 1 heterocycles. The van der Waals surface area contributed by atoms with Crippen LogP contribution < -0.4 is 10.8 Å². The zero-order chi connectivity index (χ0) is 23.3. The van der Waals surface area contributed by atoms with E-state index in [1.807, 2.05) is 30.3 Å². The third-order valence-electron chi connectivity index (χ3n) is 7.47. The fourth-order valence-corrected chi connectivity index (χ4v) is 5.75. The Morgan fingerprint density at radius 2 is 1.55 bits per heavy atom. The van der Waals surface area contributed by atoms with Gasteiger partial charge in [0.2, 0.25) is 5.91 Å². The molecule has 0 bridgehead atoms. The minimum atomic E-state index is -0.936. The highest BCUT2D eigenvalue weighted by molar-refractivity contribution is 5.91. The molecule has 172 valence electrons. The van der Waals surface area contributed by atoms with Gasteiger partial charge in [0.1, 0.15) is 5.41 Å². The number of carbonyl (C=O) groups excluding carboxylic acids is 1. The van der Waals surface area contributed by atoms with Crippen LogP contribution in [0.2, 0.25) is 0 Å². The number of nitrogens with zero attached hydrogens (tertiary/aromatic N) is 1. The van der Waals surface area contributed by atoms with Crippen molar-refractivity contribution in [2.75, 3.05) is 26.7 Å². The normalized spacial score (nSPS) is 22.0. The predicted octanol–water partition coefficient (Wildman–Crippen LogP) is 4.02. The van der Waals surface area contributed by atoms with Crippen molar-refractivity contribution in [3.8, 4) is 5.75 Å². The van der Waals surface area contributed by atoms with Crippen LogP contribution in [-0.4, -0.2) is 37.1 Å². The molecule has 1 fully saturated rings. The highest BCUT2D eigenvalue weighted by Crippen LogP contribution is 2.45. The molecule has 4 rings (SSSR count). The second-order valence-corrected chi connectivity index (χ2v) is 9.74. The van der Waals surface area contributed by atoms with Crippen molar-refractivity contribution in [1.82, 2.24) is 0 Å². The van der Waals surface area contributed by atoms with E-state index in [9.17, 15) is 9.90 Å². The fraction of sp³-hybridized carbons (Fsp3) is 0.345. The number of likely N-dealkylation sites (tertiary alicyclic amines) is 1. The lowest BCUT2D eigenvalue weighted by Crippen LogP contribution is -2.51. The van der Waals surface area contributed by atoms with Crippen molar-refractivity contribution in [3.63, 3.8) is 0 Å². The molecule has 2 N–H and O–H groups in total. The number of primary amides is 1. The van der Waals surface area contributed by atoms with Crippen LogP contribution in [0.4, 0.5) is 0 Å². The highest BCUT2D eigenvalue weighted by atomic mass is 16.3. The molecule has 33 heavy (non-hydrogen) atoms. The van der Waals surface area contributed by atoms with Crippen LogP contribution in [-0.2, 0) is 16.6 Å². The van der Waals surface area contributed by atoms with Crippen molar-refractivity contribution >= 4 is 5.91 Å². The van der Waals surface area contributed by atoms with Crippen molar-refractivity contribution < 1.29 is 14.4 Å². The summed E-state index contributed by atoms with van der Waals surface area (Å²) in [6.45, 7) is 3.01. The second-order valence-electron chi connectivity index (χ2n) is 9.74. The molecule has 1 aliphatic rings.